The summed E-state index contributed by atoms with van der Waals surface area (Å²) in [6.45, 7) is 0. The van der Waals surface area contributed by atoms with E-state index < -0.39 is 0 Å². The lowest BCUT2D eigenvalue weighted by Gasteiger charge is -2.26. The summed E-state index contributed by atoms with van der Waals surface area (Å²) < 4.78 is 0. The molecular weight excluding hydrogens is 390 g/mol. The lowest BCUT2D eigenvalue weighted by atomic mass is 10.0. The highest BCUT2D eigenvalue weighted by Crippen LogP contribution is 2.36. The average Bonchev–Trinajstić information content (AvgIpc) is 2.87. The van der Waals surface area contributed by atoms with Gasteiger partial charge in [0.05, 0.1) is 0 Å². The lowest BCUT2D eigenvalue weighted by molar-refractivity contribution is 0.475. The van der Waals surface area contributed by atoms with Crippen LogP contribution in [-0.2, 0) is 0 Å². The van der Waals surface area contributed by atoms with Gasteiger partial charge in [0, 0.05) is 17.1 Å². The van der Waals surface area contributed by atoms with E-state index in [4.69, 9.17) is 0 Å². The first kappa shape index (κ1) is 19.7. The first-order chi connectivity index (χ1) is 15.8. The minimum Gasteiger partial charge on any atom is -0.508 e. The molecule has 5 aromatic carbocycles. The summed E-state index contributed by atoms with van der Waals surface area (Å²) >= 11 is 0. The molecule has 0 aliphatic rings. The van der Waals surface area contributed by atoms with Crippen LogP contribution in [0.1, 0.15) is 0 Å². The van der Waals surface area contributed by atoms with Gasteiger partial charge in [-0.25, -0.2) is 0 Å². The predicted octanol–water partition coefficient (Wildman–Crippen LogP) is 8.20. The van der Waals surface area contributed by atoms with Gasteiger partial charge in [0.25, 0.3) is 0 Å². The van der Waals surface area contributed by atoms with Crippen LogP contribution < -0.4 is 4.90 Å². The summed E-state index contributed by atoms with van der Waals surface area (Å²) in [4.78, 5) is 2.26. The molecule has 0 aliphatic heterocycles. The molecule has 0 saturated carbocycles. The Balaban J connectivity index is 1.51. The molecule has 2 heteroatoms. The van der Waals surface area contributed by atoms with Gasteiger partial charge in [-0.05, 0) is 70.8 Å². The SMILES string of the molecule is Oc1ccc(-c2ccc(N(c3ccccc3)c3ccc(-c4ccccc4)cc3)cc2)cc1. The third-order valence-corrected chi connectivity index (χ3v) is 5.57. The summed E-state index contributed by atoms with van der Waals surface area (Å²) in [5.41, 5.74) is 7.90. The maximum absolute atomic E-state index is 9.56. The molecule has 0 heterocycles. The molecule has 0 atom stereocenters. The Morgan fingerprint density at radius 1 is 0.344 bits per heavy atom. The number of para-hydroxylation sites is 1. The van der Waals surface area contributed by atoms with Gasteiger partial charge in [-0.1, -0.05) is 84.9 Å². The molecule has 0 amide bonds. The highest BCUT2D eigenvalue weighted by Gasteiger charge is 2.12. The van der Waals surface area contributed by atoms with Crippen molar-refractivity contribution in [3.8, 4) is 28.0 Å². The summed E-state index contributed by atoms with van der Waals surface area (Å²) in [6, 6.07) is 45.3. The Bertz CT molecular complexity index is 1280. The first-order valence-corrected chi connectivity index (χ1v) is 10.7. The number of hydrogen-bond donors (Lipinski definition) is 1. The third kappa shape index (κ3) is 4.12. The maximum Gasteiger partial charge on any atom is 0.115 e. The second kappa shape index (κ2) is 8.83. The van der Waals surface area contributed by atoms with Crippen LogP contribution in [0.15, 0.2) is 133 Å². The Hall–Kier alpha value is -4.30. The van der Waals surface area contributed by atoms with Crippen molar-refractivity contribution >= 4 is 17.1 Å². The van der Waals surface area contributed by atoms with Crippen LogP contribution in [0.3, 0.4) is 0 Å². The molecule has 0 fully saturated rings. The van der Waals surface area contributed by atoms with E-state index in [1.165, 1.54) is 11.1 Å². The van der Waals surface area contributed by atoms with Crippen LogP contribution in [0, 0.1) is 0 Å². The second-order valence-electron chi connectivity index (χ2n) is 7.68. The minimum absolute atomic E-state index is 0.277. The molecular formula is C30H23NO. The third-order valence-electron chi connectivity index (χ3n) is 5.57. The zero-order valence-corrected chi connectivity index (χ0v) is 17.6. The van der Waals surface area contributed by atoms with Crippen molar-refractivity contribution in [2.45, 2.75) is 0 Å². The van der Waals surface area contributed by atoms with E-state index in [-0.39, 0.29) is 5.75 Å². The molecule has 154 valence electrons. The van der Waals surface area contributed by atoms with Gasteiger partial charge in [-0.2, -0.15) is 0 Å². The fraction of sp³-hybridized carbons (Fsp3) is 0. The largest absolute Gasteiger partial charge is 0.508 e. The molecule has 0 unspecified atom stereocenters. The zero-order valence-electron chi connectivity index (χ0n) is 17.6. The van der Waals surface area contributed by atoms with Crippen LogP contribution in [0.5, 0.6) is 5.75 Å². The van der Waals surface area contributed by atoms with Crippen molar-refractivity contribution in [3.05, 3.63) is 133 Å². The summed E-state index contributed by atoms with van der Waals surface area (Å²) in [6.07, 6.45) is 0. The summed E-state index contributed by atoms with van der Waals surface area (Å²) in [7, 11) is 0. The molecule has 0 aliphatic carbocycles. The molecule has 0 spiro atoms. The van der Waals surface area contributed by atoms with E-state index in [1.807, 2.05) is 24.3 Å². The fourth-order valence-electron chi connectivity index (χ4n) is 3.91. The Labute approximate surface area is 188 Å². The number of benzene rings is 5. The molecule has 2 nitrogen and oxygen atoms in total. The second-order valence-corrected chi connectivity index (χ2v) is 7.68. The average molecular weight is 414 g/mol. The number of aromatic hydroxyl groups is 1. The molecule has 5 rings (SSSR count). The van der Waals surface area contributed by atoms with Gasteiger partial charge >= 0.3 is 0 Å². The fourth-order valence-corrected chi connectivity index (χ4v) is 3.91. The maximum atomic E-state index is 9.56. The first-order valence-electron chi connectivity index (χ1n) is 10.7. The van der Waals surface area contributed by atoms with Crippen LogP contribution in [-0.4, -0.2) is 5.11 Å². The van der Waals surface area contributed by atoms with Crippen molar-refractivity contribution in [2.24, 2.45) is 0 Å². The topological polar surface area (TPSA) is 23.5 Å². The van der Waals surface area contributed by atoms with Crippen molar-refractivity contribution in [3.63, 3.8) is 0 Å². The Kier molecular flexibility index (Phi) is 5.42. The molecule has 0 aromatic heterocycles. The standard InChI is InChI=1S/C30H23NO/c32-30-21-15-26(16-22-30)25-13-19-29(20-14-25)31(27-9-5-2-6-10-27)28-17-11-24(12-18-28)23-7-3-1-4-8-23/h1-22,32H. The van der Waals surface area contributed by atoms with Crippen molar-refractivity contribution < 1.29 is 5.11 Å². The number of phenolic OH excluding ortho intramolecular Hbond substituents is 1. The highest BCUT2D eigenvalue weighted by atomic mass is 16.3. The Morgan fingerprint density at radius 3 is 1.16 bits per heavy atom. The predicted molar refractivity (Wildman–Crippen MR) is 134 cm³/mol. The Morgan fingerprint density at radius 2 is 0.688 bits per heavy atom. The normalized spacial score (nSPS) is 10.6. The van der Waals surface area contributed by atoms with Crippen molar-refractivity contribution in [1.82, 2.24) is 0 Å². The zero-order chi connectivity index (χ0) is 21.8. The molecule has 32 heavy (non-hydrogen) atoms. The molecule has 5 aromatic rings. The summed E-state index contributed by atoms with van der Waals surface area (Å²) in [5.74, 6) is 0.277. The highest BCUT2D eigenvalue weighted by molar-refractivity contribution is 5.79. The quantitative estimate of drug-likeness (QED) is 0.314. The minimum atomic E-state index is 0.277. The van der Waals surface area contributed by atoms with Gasteiger partial charge in [0.1, 0.15) is 5.75 Å². The number of nitrogens with zero attached hydrogens (tertiary/aromatic N) is 1. The van der Waals surface area contributed by atoms with Gasteiger partial charge in [-0.3, -0.25) is 0 Å². The molecule has 0 saturated heterocycles. The van der Waals surface area contributed by atoms with Crippen LogP contribution in [0.25, 0.3) is 22.3 Å². The number of phenols is 1. The number of hydrogen-bond acceptors (Lipinski definition) is 2. The summed E-state index contributed by atoms with van der Waals surface area (Å²) in [5, 5.41) is 9.56. The number of rotatable bonds is 5. The lowest BCUT2D eigenvalue weighted by Crippen LogP contribution is -2.09. The van der Waals surface area contributed by atoms with Crippen LogP contribution in [0.2, 0.25) is 0 Å². The van der Waals surface area contributed by atoms with Crippen LogP contribution in [0.4, 0.5) is 17.1 Å². The molecule has 1 N–H and O–H groups in total. The number of anilines is 3. The molecule has 0 bridgehead atoms. The van der Waals surface area contributed by atoms with E-state index in [2.05, 4.69) is 102 Å². The monoisotopic (exact) mass is 413 g/mol. The van der Waals surface area contributed by atoms with E-state index in [9.17, 15) is 5.11 Å². The van der Waals surface area contributed by atoms with Gasteiger partial charge < -0.3 is 10.0 Å². The van der Waals surface area contributed by atoms with Gasteiger partial charge in [-0.15, -0.1) is 0 Å². The van der Waals surface area contributed by atoms with E-state index >= 15 is 0 Å². The smallest absolute Gasteiger partial charge is 0.115 e. The van der Waals surface area contributed by atoms with E-state index in [0.717, 1.165) is 28.2 Å². The van der Waals surface area contributed by atoms with Crippen LogP contribution >= 0.6 is 0 Å². The van der Waals surface area contributed by atoms with Gasteiger partial charge in [0.15, 0.2) is 0 Å². The van der Waals surface area contributed by atoms with Crippen molar-refractivity contribution in [2.75, 3.05) is 4.90 Å². The van der Waals surface area contributed by atoms with E-state index in [0.29, 0.717) is 0 Å². The van der Waals surface area contributed by atoms with Crippen molar-refractivity contribution in [1.29, 1.82) is 0 Å². The van der Waals surface area contributed by atoms with E-state index in [1.54, 1.807) is 12.1 Å². The van der Waals surface area contributed by atoms with Gasteiger partial charge in [0.2, 0.25) is 0 Å². The molecule has 0 radical (unpaired) electrons.